The lowest BCUT2D eigenvalue weighted by atomic mass is 10.0. The van der Waals surface area contributed by atoms with E-state index in [1.54, 1.807) is 54.2 Å². The molecule has 0 unspecified atom stereocenters. The van der Waals surface area contributed by atoms with Crippen molar-refractivity contribution in [3.05, 3.63) is 96.1 Å². The number of rotatable bonds is 5. The Hall–Kier alpha value is -2.65. The molecule has 0 aromatic heterocycles. The third-order valence-electron chi connectivity index (χ3n) is 3.32. The van der Waals surface area contributed by atoms with Crippen molar-refractivity contribution < 1.29 is 9.59 Å². The summed E-state index contributed by atoms with van der Waals surface area (Å²) >= 11 is 1.56. The Labute approximate surface area is 139 Å². The molecule has 0 saturated heterocycles. The monoisotopic (exact) mass is 318 g/mol. The SMILES string of the molecule is O=C(C(=O)c1cccc(Sc2ccccc2)c1)c1ccccc1. The average molecular weight is 318 g/mol. The van der Waals surface area contributed by atoms with Crippen LogP contribution < -0.4 is 0 Å². The van der Waals surface area contributed by atoms with Crippen LogP contribution in [0.5, 0.6) is 0 Å². The molecule has 0 aliphatic rings. The molecule has 0 N–H and O–H groups in total. The van der Waals surface area contributed by atoms with Gasteiger partial charge in [-0.25, -0.2) is 0 Å². The fraction of sp³-hybridized carbons (Fsp3) is 0. The first-order chi connectivity index (χ1) is 11.2. The van der Waals surface area contributed by atoms with Crippen LogP contribution in [0, 0.1) is 0 Å². The maximum Gasteiger partial charge on any atom is 0.233 e. The van der Waals surface area contributed by atoms with E-state index < -0.39 is 11.6 Å². The normalized spacial score (nSPS) is 10.3. The molecular formula is C20H14O2S. The van der Waals surface area contributed by atoms with Crippen LogP contribution in [0.25, 0.3) is 0 Å². The lowest BCUT2D eigenvalue weighted by molar-refractivity contribution is 0.0817. The fourth-order valence-corrected chi connectivity index (χ4v) is 3.08. The Morgan fingerprint density at radius 3 is 1.78 bits per heavy atom. The highest BCUT2D eigenvalue weighted by Crippen LogP contribution is 2.28. The van der Waals surface area contributed by atoms with E-state index in [2.05, 4.69) is 0 Å². The van der Waals surface area contributed by atoms with Gasteiger partial charge in [-0.3, -0.25) is 9.59 Å². The van der Waals surface area contributed by atoms with Crippen LogP contribution in [0.4, 0.5) is 0 Å². The van der Waals surface area contributed by atoms with Crippen molar-refractivity contribution in [3.8, 4) is 0 Å². The molecule has 3 rings (SSSR count). The first-order valence-electron chi connectivity index (χ1n) is 7.21. The van der Waals surface area contributed by atoms with Gasteiger partial charge in [0.1, 0.15) is 0 Å². The summed E-state index contributed by atoms with van der Waals surface area (Å²) in [6.07, 6.45) is 0. The van der Waals surface area contributed by atoms with E-state index in [0.717, 1.165) is 9.79 Å². The van der Waals surface area contributed by atoms with E-state index >= 15 is 0 Å². The van der Waals surface area contributed by atoms with Gasteiger partial charge in [0.2, 0.25) is 11.6 Å². The minimum atomic E-state index is -0.480. The lowest BCUT2D eigenvalue weighted by Crippen LogP contribution is -2.14. The topological polar surface area (TPSA) is 34.1 Å². The van der Waals surface area contributed by atoms with E-state index in [0.29, 0.717) is 11.1 Å². The lowest BCUT2D eigenvalue weighted by Gasteiger charge is -2.05. The molecule has 0 fully saturated rings. The van der Waals surface area contributed by atoms with Gasteiger partial charge in [-0.1, -0.05) is 72.4 Å². The fourth-order valence-electron chi connectivity index (χ4n) is 2.18. The molecule has 0 atom stereocenters. The van der Waals surface area contributed by atoms with Crippen molar-refractivity contribution in [2.75, 3.05) is 0 Å². The van der Waals surface area contributed by atoms with Gasteiger partial charge in [-0.2, -0.15) is 0 Å². The molecule has 0 radical (unpaired) electrons. The molecule has 0 amide bonds. The van der Waals surface area contributed by atoms with Crippen LogP contribution in [0.2, 0.25) is 0 Å². The summed E-state index contributed by atoms with van der Waals surface area (Å²) in [7, 11) is 0. The Morgan fingerprint density at radius 1 is 0.565 bits per heavy atom. The number of ketones is 2. The molecule has 112 valence electrons. The first kappa shape index (κ1) is 15.3. The van der Waals surface area contributed by atoms with Crippen LogP contribution in [-0.2, 0) is 0 Å². The van der Waals surface area contributed by atoms with Crippen LogP contribution in [0.15, 0.2) is 94.7 Å². The minimum absolute atomic E-state index is 0.415. The van der Waals surface area contributed by atoms with E-state index in [1.165, 1.54) is 0 Å². The van der Waals surface area contributed by atoms with E-state index in [4.69, 9.17) is 0 Å². The highest BCUT2D eigenvalue weighted by Gasteiger charge is 2.18. The standard InChI is InChI=1S/C20H14O2S/c21-19(15-8-3-1-4-9-15)20(22)16-10-7-13-18(14-16)23-17-11-5-2-6-12-17/h1-14H. The second-order valence-electron chi connectivity index (χ2n) is 4.97. The van der Waals surface area contributed by atoms with Crippen molar-refractivity contribution in [2.24, 2.45) is 0 Å². The molecule has 0 bridgehead atoms. The van der Waals surface area contributed by atoms with Crippen LogP contribution in [0.1, 0.15) is 20.7 Å². The van der Waals surface area contributed by atoms with E-state index in [9.17, 15) is 9.59 Å². The second kappa shape index (κ2) is 7.07. The summed E-state index contributed by atoms with van der Waals surface area (Å²) in [5, 5.41) is 0. The average Bonchev–Trinajstić information content (AvgIpc) is 2.62. The molecule has 0 heterocycles. The number of carbonyl (C=O) groups excluding carboxylic acids is 2. The van der Waals surface area contributed by atoms with Gasteiger partial charge in [0.15, 0.2) is 0 Å². The summed E-state index contributed by atoms with van der Waals surface area (Å²) in [6.45, 7) is 0. The van der Waals surface area contributed by atoms with Gasteiger partial charge in [0.25, 0.3) is 0 Å². The summed E-state index contributed by atoms with van der Waals surface area (Å²) in [6, 6.07) is 25.7. The summed E-state index contributed by atoms with van der Waals surface area (Å²) in [5.41, 5.74) is 0.832. The Bertz CT molecular complexity index is 827. The quantitative estimate of drug-likeness (QED) is 0.495. The molecule has 0 aliphatic heterocycles. The zero-order valence-electron chi connectivity index (χ0n) is 12.3. The molecule has 0 aliphatic carbocycles. The smallest absolute Gasteiger partial charge is 0.233 e. The summed E-state index contributed by atoms with van der Waals surface area (Å²) in [4.78, 5) is 26.7. The van der Waals surface area contributed by atoms with E-state index in [-0.39, 0.29) is 0 Å². The highest BCUT2D eigenvalue weighted by molar-refractivity contribution is 7.99. The van der Waals surface area contributed by atoms with Crippen molar-refractivity contribution >= 4 is 23.3 Å². The molecular weight excluding hydrogens is 304 g/mol. The maximum absolute atomic E-state index is 12.4. The summed E-state index contributed by atoms with van der Waals surface area (Å²) < 4.78 is 0. The predicted octanol–water partition coefficient (Wildman–Crippen LogP) is 4.90. The Morgan fingerprint density at radius 2 is 1.09 bits per heavy atom. The summed E-state index contributed by atoms with van der Waals surface area (Å²) in [5.74, 6) is -0.959. The van der Waals surface area contributed by atoms with Crippen LogP contribution in [0.3, 0.4) is 0 Å². The molecule has 23 heavy (non-hydrogen) atoms. The van der Waals surface area contributed by atoms with Gasteiger partial charge < -0.3 is 0 Å². The number of hydrogen-bond donors (Lipinski definition) is 0. The minimum Gasteiger partial charge on any atom is -0.285 e. The van der Waals surface area contributed by atoms with Crippen molar-refractivity contribution in [3.63, 3.8) is 0 Å². The molecule has 0 saturated carbocycles. The zero-order chi connectivity index (χ0) is 16.1. The predicted molar refractivity (Wildman–Crippen MR) is 92.1 cm³/mol. The van der Waals surface area contributed by atoms with Crippen molar-refractivity contribution in [1.29, 1.82) is 0 Å². The van der Waals surface area contributed by atoms with Gasteiger partial charge in [-0.05, 0) is 24.3 Å². The molecule has 0 spiro atoms. The Kier molecular flexibility index (Phi) is 4.69. The third-order valence-corrected chi connectivity index (χ3v) is 4.31. The Balaban J connectivity index is 1.82. The second-order valence-corrected chi connectivity index (χ2v) is 6.11. The highest BCUT2D eigenvalue weighted by atomic mass is 32.2. The third kappa shape index (κ3) is 3.76. The van der Waals surface area contributed by atoms with Crippen LogP contribution in [-0.4, -0.2) is 11.6 Å². The van der Waals surface area contributed by atoms with Gasteiger partial charge in [0.05, 0.1) is 0 Å². The molecule has 3 aromatic carbocycles. The number of benzene rings is 3. The number of hydrogen-bond acceptors (Lipinski definition) is 3. The molecule has 3 aromatic rings. The molecule has 3 heteroatoms. The number of Topliss-reactive ketones (excluding diaryl/α,β-unsaturated/α-hetero) is 2. The first-order valence-corrected chi connectivity index (χ1v) is 8.03. The van der Waals surface area contributed by atoms with Gasteiger partial charge in [-0.15, -0.1) is 0 Å². The number of carbonyl (C=O) groups is 2. The van der Waals surface area contributed by atoms with Crippen LogP contribution >= 0.6 is 11.8 Å². The zero-order valence-corrected chi connectivity index (χ0v) is 13.1. The molecule has 2 nitrogen and oxygen atoms in total. The van der Waals surface area contributed by atoms with Gasteiger partial charge >= 0.3 is 0 Å². The largest absolute Gasteiger partial charge is 0.285 e. The van der Waals surface area contributed by atoms with Crippen molar-refractivity contribution in [1.82, 2.24) is 0 Å². The van der Waals surface area contributed by atoms with Crippen molar-refractivity contribution in [2.45, 2.75) is 9.79 Å². The van der Waals surface area contributed by atoms with Gasteiger partial charge in [0, 0.05) is 20.9 Å². The maximum atomic E-state index is 12.4. The van der Waals surface area contributed by atoms with E-state index in [1.807, 2.05) is 42.5 Å².